The maximum atomic E-state index is 11.2. The highest BCUT2D eigenvalue weighted by atomic mass is 79.9. The first kappa shape index (κ1) is 15.5. The molecule has 0 saturated carbocycles. The number of terminal acetylenes is 1. The lowest BCUT2D eigenvalue weighted by Crippen LogP contribution is -2.24. The predicted molar refractivity (Wildman–Crippen MR) is 76.8 cm³/mol. The van der Waals surface area contributed by atoms with Gasteiger partial charge in [-0.15, -0.1) is 6.42 Å². The van der Waals surface area contributed by atoms with Gasteiger partial charge in [0.1, 0.15) is 12.4 Å². The van der Waals surface area contributed by atoms with Crippen molar-refractivity contribution in [3.05, 3.63) is 28.2 Å². The van der Waals surface area contributed by atoms with Gasteiger partial charge in [0.15, 0.2) is 0 Å². The van der Waals surface area contributed by atoms with Crippen LogP contribution < -0.4 is 10.1 Å². The van der Waals surface area contributed by atoms with E-state index >= 15 is 0 Å². The highest BCUT2D eigenvalue weighted by Crippen LogP contribution is 2.23. The Bertz CT molecular complexity index is 468. The van der Waals surface area contributed by atoms with Crippen molar-refractivity contribution in [2.45, 2.75) is 13.5 Å². The average molecular weight is 326 g/mol. The predicted octanol–water partition coefficient (Wildman–Crippen LogP) is 2.11. The van der Waals surface area contributed by atoms with E-state index in [1.54, 1.807) is 6.92 Å². The first-order valence-corrected chi connectivity index (χ1v) is 6.67. The Hall–Kier alpha value is -1.51. The topological polar surface area (TPSA) is 47.6 Å². The zero-order valence-corrected chi connectivity index (χ0v) is 12.3. The number of benzene rings is 1. The molecule has 5 heteroatoms. The molecule has 0 unspecified atom stereocenters. The Morgan fingerprint density at radius 1 is 1.53 bits per heavy atom. The number of hydrogen-bond donors (Lipinski definition) is 1. The summed E-state index contributed by atoms with van der Waals surface area (Å²) in [6.07, 6.45) is 5.17. The fraction of sp³-hybridized carbons (Fsp3) is 0.357. The van der Waals surface area contributed by atoms with Gasteiger partial charge in [-0.1, -0.05) is 21.9 Å². The normalized spacial score (nSPS) is 9.74. The Morgan fingerprint density at radius 2 is 2.32 bits per heavy atom. The van der Waals surface area contributed by atoms with E-state index in [4.69, 9.17) is 15.9 Å². The number of hydrogen-bond acceptors (Lipinski definition) is 4. The van der Waals surface area contributed by atoms with Gasteiger partial charge in [0.2, 0.25) is 0 Å². The minimum absolute atomic E-state index is 0.162. The van der Waals surface area contributed by atoms with Gasteiger partial charge in [-0.25, -0.2) is 0 Å². The fourth-order valence-corrected chi connectivity index (χ4v) is 1.87. The second-order valence-electron chi connectivity index (χ2n) is 3.65. The summed E-state index contributed by atoms with van der Waals surface area (Å²) in [5, 5.41) is 3.00. The second-order valence-corrected chi connectivity index (χ2v) is 4.57. The first-order valence-electron chi connectivity index (χ1n) is 5.88. The molecule has 0 aliphatic heterocycles. The third-order valence-electron chi connectivity index (χ3n) is 2.22. The first-order chi connectivity index (χ1) is 9.17. The highest BCUT2D eigenvalue weighted by molar-refractivity contribution is 9.10. The van der Waals surface area contributed by atoms with Crippen LogP contribution in [0.15, 0.2) is 22.7 Å². The molecule has 0 fully saturated rings. The van der Waals surface area contributed by atoms with Crippen LogP contribution in [0, 0.1) is 12.3 Å². The molecule has 1 rings (SSSR count). The van der Waals surface area contributed by atoms with E-state index in [2.05, 4.69) is 27.2 Å². The Balaban J connectivity index is 2.58. The molecule has 19 heavy (non-hydrogen) atoms. The molecule has 1 aromatic rings. The van der Waals surface area contributed by atoms with Crippen LogP contribution >= 0.6 is 15.9 Å². The molecule has 102 valence electrons. The van der Waals surface area contributed by atoms with Crippen LogP contribution in [0.3, 0.4) is 0 Å². The standard InChI is InChI=1S/C14H16BrNO3/c1-3-7-19-13-6-5-12(15)8-11(13)9-16-10-14(17)18-4-2/h1,5-6,8,16H,4,7,9-10H2,2H3. The van der Waals surface area contributed by atoms with Gasteiger partial charge in [0.25, 0.3) is 0 Å². The van der Waals surface area contributed by atoms with Crippen molar-refractivity contribution in [2.75, 3.05) is 19.8 Å². The quantitative estimate of drug-likeness (QED) is 0.616. The fourth-order valence-electron chi connectivity index (χ4n) is 1.46. The summed E-state index contributed by atoms with van der Waals surface area (Å²) in [7, 11) is 0. The summed E-state index contributed by atoms with van der Waals surface area (Å²) >= 11 is 3.39. The van der Waals surface area contributed by atoms with Gasteiger partial charge in [0.05, 0.1) is 13.2 Å². The van der Waals surface area contributed by atoms with Gasteiger partial charge in [-0.2, -0.15) is 0 Å². The second kappa shape index (κ2) is 8.57. The monoisotopic (exact) mass is 325 g/mol. The SMILES string of the molecule is C#CCOc1ccc(Br)cc1CNCC(=O)OCC. The molecule has 0 spiro atoms. The van der Waals surface area contributed by atoms with E-state index in [1.165, 1.54) is 0 Å². The zero-order valence-electron chi connectivity index (χ0n) is 10.7. The van der Waals surface area contributed by atoms with E-state index in [0.717, 1.165) is 10.0 Å². The van der Waals surface area contributed by atoms with Crippen LogP contribution in [0.1, 0.15) is 12.5 Å². The van der Waals surface area contributed by atoms with Crippen molar-refractivity contribution in [2.24, 2.45) is 0 Å². The molecule has 0 heterocycles. The molecular weight excluding hydrogens is 310 g/mol. The largest absolute Gasteiger partial charge is 0.481 e. The lowest BCUT2D eigenvalue weighted by molar-refractivity contribution is -0.142. The van der Waals surface area contributed by atoms with Crippen LogP contribution in [0.4, 0.5) is 0 Å². The summed E-state index contributed by atoms with van der Waals surface area (Å²) in [4.78, 5) is 11.2. The molecule has 0 radical (unpaired) electrons. The maximum Gasteiger partial charge on any atom is 0.319 e. The molecule has 4 nitrogen and oxygen atoms in total. The van der Waals surface area contributed by atoms with Crippen molar-refractivity contribution in [1.82, 2.24) is 5.32 Å². The Morgan fingerprint density at radius 3 is 3.00 bits per heavy atom. The zero-order chi connectivity index (χ0) is 14.1. The summed E-state index contributed by atoms with van der Waals surface area (Å²) in [6, 6.07) is 5.63. The summed E-state index contributed by atoms with van der Waals surface area (Å²) in [5.41, 5.74) is 0.925. The minimum Gasteiger partial charge on any atom is -0.481 e. The lowest BCUT2D eigenvalue weighted by Gasteiger charge is -2.11. The van der Waals surface area contributed by atoms with Crippen LogP contribution in [0.2, 0.25) is 0 Å². The van der Waals surface area contributed by atoms with Crippen molar-refractivity contribution >= 4 is 21.9 Å². The minimum atomic E-state index is -0.274. The molecule has 0 atom stereocenters. The van der Waals surface area contributed by atoms with Gasteiger partial charge in [-0.3, -0.25) is 4.79 Å². The van der Waals surface area contributed by atoms with E-state index in [0.29, 0.717) is 18.9 Å². The third-order valence-corrected chi connectivity index (χ3v) is 2.72. The number of carbonyl (C=O) groups excluding carboxylic acids is 1. The molecule has 0 saturated heterocycles. The Kier molecular flexibility index (Phi) is 7.01. The summed E-state index contributed by atoms with van der Waals surface area (Å²) in [6.45, 7) is 3.03. The number of esters is 1. The maximum absolute atomic E-state index is 11.2. The smallest absolute Gasteiger partial charge is 0.319 e. The van der Waals surface area contributed by atoms with E-state index < -0.39 is 0 Å². The Labute approximate surface area is 121 Å². The summed E-state index contributed by atoms with van der Waals surface area (Å²) < 4.78 is 11.2. The molecule has 0 aliphatic rings. The van der Waals surface area contributed by atoms with Crippen LogP contribution in [0.25, 0.3) is 0 Å². The molecule has 0 aromatic heterocycles. The van der Waals surface area contributed by atoms with Crippen molar-refractivity contribution in [1.29, 1.82) is 0 Å². The van der Waals surface area contributed by atoms with E-state index in [-0.39, 0.29) is 19.1 Å². The molecule has 0 bridgehead atoms. The van der Waals surface area contributed by atoms with E-state index in [9.17, 15) is 4.79 Å². The number of ether oxygens (including phenoxy) is 2. The number of nitrogens with one attached hydrogen (secondary N) is 1. The van der Waals surface area contributed by atoms with Crippen molar-refractivity contribution in [3.63, 3.8) is 0 Å². The molecule has 0 amide bonds. The van der Waals surface area contributed by atoms with Crippen molar-refractivity contribution in [3.8, 4) is 18.1 Å². The van der Waals surface area contributed by atoms with Crippen LogP contribution in [0.5, 0.6) is 5.75 Å². The molecule has 1 aromatic carbocycles. The number of carbonyl (C=O) groups is 1. The van der Waals surface area contributed by atoms with Crippen LogP contribution in [-0.2, 0) is 16.1 Å². The van der Waals surface area contributed by atoms with Gasteiger partial charge < -0.3 is 14.8 Å². The van der Waals surface area contributed by atoms with E-state index in [1.807, 2.05) is 18.2 Å². The molecule has 1 N–H and O–H groups in total. The van der Waals surface area contributed by atoms with Gasteiger partial charge >= 0.3 is 5.97 Å². The molecule has 0 aliphatic carbocycles. The third kappa shape index (κ3) is 5.77. The molecular formula is C14H16BrNO3. The number of halogens is 1. The highest BCUT2D eigenvalue weighted by Gasteiger charge is 2.06. The van der Waals surface area contributed by atoms with Gasteiger partial charge in [-0.05, 0) is 25.1 Å². The van der Waals surface area contributed by atoms with Gasteiger partial charge in [0, 0.05) is 16.6 Å². The van der Waals surface area contributed by atoms with Crippen molar-refractivity contribution < 1.29 is 14.3 Å². The summed E-state index contributed by atoms with van der Waals surface area (Å²) in [5.74, 6) is 2.85. The average Bonchev–Trinajstić information content (AvgIpc) is 2.38. The number of rotatable bonds is 7. The lowest BCUT2D eigenvalue weighted by atomic mass is 10.2. The van der Waals surface area contributed by atoms with Crippen LogP contribution in [-0.4, -0.2) is 25.7 Å².